The third-order valence-corrected chi connectivity index (χ3v) is 9.00. The first kappa shape index (κ1) is 24.4. The van der Waals surface area contributed by atoms with E-state index in [1.807, 2.05) is 4.90 Å². The van der Waals surface area contributed by atoms with Gasteiger partial charge >= 0.3 is 0 Å². The first-order valence-electron chi connectivity index (χ1n) is 13.1. The fourth-order valence-electron chi connectivity index (χ4n) is 6.15. The third kappa shape index (κ3) is 5.75. The summed E-state index contributed by atoms with van der Waals surface area (Å²) in [5.41, 5.74) is 3.92. The van der Waals surface area contributed by atoms with E-state index in [1.54, 1.807) is 11.8 Å². The average molecular weight is 492 g/mol. The van der Waals surface area contributed by atoms with Crippen molar-refractivity contribution in [3.8, 4) is 0 Å². The van der Waals surface area contributed by atoms with Crippen molar-refractivity contribution < 1.29 is 9.59 Å². The van der Waals surface area contributed by atoms with Crippen LogP contribution in [0.4, 0.5) is 0 Å². The van der Waals surface area contributed by atoms with Gasteiger partial charge in [0.1, 0.15) is 0 Å². The average Bonchev–Trinajstić information content (AvgIpc) is 3.27. The molecule has 0 radical (unpaired) electrons. The predicted molar refractivity (Wildman–Crippen MR) is 142 cm³/mol. The van der Waals surface area contributed by atoms with Gasteiger partial charge in [0.2, 0.25) is 11.8 Å². The summed E-state index contributed by atoms with van der Waals surface area (Å²) in [7, 11) is 0. The zero-order chi connectivity index (χ0) is 24.3. The summed E-state index contributed by atoms with van der Waals surface area (Å²) in [6, 6.07) is 18.0. The minimum Gasteiger partial charge on any atom is -0.350 e. The van der Waals surface area contributed by atoms with Gasteiger partial charge in [-0.05, 0) is 73.6 Å². The molecule has 2 unspecified atom stereocenters. The molecule has 0 spiro atoms. The predicted octanol–water partition coefficient (Wildman–Crippen LogP) is 4.08. The molecular weight excluding hydrogens is 454 g/mol. The molecule has 2 atom stereocenters. The molecule has 2 aliphatic heterocycles. The number of fused-ring (bicyclic) bond motifs is 1. The molecule has 35 heavy (non-hydrogen) atoms. The van der Waals surface area contributed by atoms with Crippen LogP contribution in [0.3, 0.4) is 0 Å². The van der Waals surface area contributed by atoms with Crippen LogP contribution in [0.15, 0.2) is 53.4 Å². The Morgan fingerprint density at radius 2 is 1.77 bits per heavy atom. The Kier molecular flexibility index (Phi) is 7.49. The van der Waals surface area contributed by atoms with Crippen molar-refractivity contribution in [3.05, 3.63) is 65.2 Å². The molecule has 2 fully saturated rings. The lowest BCUT2D eigenvalue weighted by atomic mass is 9.85. The second-order valence-electron chi connectivity index (χ2n) is 10.4. The van der Waals surface area contributed by atoms with Gasteiger partial charge in [-0.3, -0.25) is 14.5 Å². The Morgan fingerprint density at radius 1 is 1.03 bits per heavy atom. The summed E-state index contributed by atoms with van der Waals surface area (Å²) in [6.45, 7) is 3.55. The Morgan fingerprint density at radius 3 is 2.46 bits per heavy atom. The number of thioether (sulfide) groups is 1. The second kappa shape index (κ2) is 10.8. The van der Waals surface area contributed by atoms with Crippen molar-refractivity contribution in [2.45, 2.75) is 67.8 Å². The van der Waals surface area contributed by atoms with Crippen LogP contribution < -0.4 is 5.32 Å². The number of nitrogens with one attached hydrogen (secondary N) is 1. The maximum Gasteiger partial charge on any atom is 0.222 e. The quantitative estimate of drug-likeness (QED) is 0.593. The van der Waals surface area contributed by atoms with Crippen LogP contribution in [0.5, 0.6) is 0 Å². The number of hydrogen-bond donors (Lipinski definition) is 1. The summed E-state index contributed by atoms with van der Waals surface area (Å²) in [6.07, 6.45) is 8.94. The van der Waals surface area contributed by atoms with Gasteiger partial charge < -0.3 is 10.2 Å². The van der Waals surface area contributed by atoms with Gasteiger partial charge in [0.05, 0.1) is 0 Å². The molecule has 6 heteroatoms. The molecule has 0 bridgehead atoms. The van der Waals surface area contributed by atoms with Gasteiger partial charge in [0.25, 0.3) is 0 Å². The molecule has 2 heterocycles. The molecule has 0 aromatic heterocycles. The van der Waals surface area contributed by atoms with E-state index in [4.69, 9.17) is 0 Å². The highest BCUT2D eigenvalue weighted by molar-refractivity contribution is 7.98. The number of piperazine rings is 1. The molecule has 2 aromatic rings. The van der Waals surface area contributed by atoms with Gasteiger partial charge in [-0.1, -0.05) is 36.4 Å². The van der Waals surface area contributed by atoms with Gasteiger partial charge in [-0.25, -0.2) is 0 Å². The van der Waals surface area contributed by atoms with Gasteiger partial charge in [0.15, 0.2) is 0 Å². The Balaban J connectivity index is 1.13. The molecule has 0 saturated carbocycles. The lowest BCUT2D eigenvalue weighted by Gasteiger charge is -2.41. The van der Waals surface area contributed by atoms with Crippen LogP contribution in [-0.4, -0.2) is 65.6 Å². The minimum absolute atomic E-state index is 0.112. The van der Waals surface area contributed by atoms with Gasteiger partial charge in [-0.2, -0.15) is 0 Å². The van der Waals surface area contributed by atoms with Gasteiger partial charge in [-0.15, -0.1) is 11.8 Å². The topological polar surface area (TPSA) is 52.7 Å². The molecule has 1 N–H and O–H groups in total. The van der Waals surface area contributed by atoms with E-state index in [1.165, 1.54) is 28.0 Å². The fourth-order valence-corrected chi connectivity index (χ4v) is 6.56. The fraction of sp³-hybridized carbons (Fsp3) is 0.517. The molecule has 2 aromatic carbocycles. The van der Waals surface area contributed by atoms with Crippen molar-refractivity contribution in [1.82, 2.24) is 15.1 Å². The largest absolute Gasteiger partial charge is 0.350 e. The second-order valence-corrected chi connectivity index (χ2v) is 11.3. The molecule has 3 aliphatic rings. The number of amides is 2. The number of aryl methyl sites for hydroxylation is 1. The highest BCUT2D eigenvalue weighted by Gasteiger charge is 2.38. The first-order chi connectivity index (χ1) is 17.0. The third-order valence-electron chi connectivity index (χ3n) is 8.26. The highest BCUT2D eigenvalue weighted by atomic mass is 32.2. The summed E-state index contributed by atoms with van der Waals surface area (Å²) < 4.78 is 0. The number of nitrogens with zero attached hydrogens (tertiary/aromatic N) is 2. The van der Waals surface area contributed by atoms with E-state index in [2.05, 4.69) is 65.0 Å². The number of hydrogen-bond acceptors (Lipinski definition) is 4. The zero-order valence-electron chi connectivity index (χ0n) is 20.8. The summed E-state index contributed by atoms with van der Waals surface area (Å²) >= 11 is 1.73. The van der Waals surface area contributed by atoms with Crippen LogP contribution >= 0.6 is 11.8 Å². The van der Waals surface area contributed by atoms with E-state index in [0.29, 0.717) is 25.3 Å². The lowest BCUT2D eigenvalue weighted by Crippen LogP contribution is -2.53. The highest BCUT2D eigenvalue weighted by Crippen LogP contribution is 2.31. The first-order valence-corrected chi connectivity index (χ1v) is 14.3. The molecule has 186 valence electrons. The SMILES string of the molecule is CSc1ccc(CC2(CCC(=O)N3CCN(C4CCc5ccccc5C4)CC3)CCC(=O)N2)cc1. The minimum atomic E-state index is -0.301. The van der Waals surface area contributed by atoms with Gasteiger partial charge in [0, 0.05) is 55.5 Å². The number of rotatable bonds is 7. The van der Waals surface area contributed by atoms with E-state index in [9.17, 15) is 9.59 Å². The Labute approximate surface area is 213 Å². The molecule has 1 aliphatic carbocycles. The number of carbonyl (C=O) groups is 2. The normalized spacial score (nSPS) is 24.8. The molecular formula is C29H37N3O2S. The van der Waals surface area contributed by atoms with Crippen LogP contribution in [-0.2, 0) is 28.9 Å². The zero-order valence-corrected chi connectivity index (χ0v) is 21.6. The molecule has 2 amide bonds. The monoisotopic (exact) mass is 491 g/mol. The van der Waals surface area contributed by atoms with Crippen molar-refractivity contribution in [2.24, 2.45) is 0 Å². The van der Waals surface area contributed by atoms with Crippen molar-refractivity contribution >= 4 is 23.6 Å². The van der Waals surface area contributed by atoms with Crippen LogP contribution in [0.1, 0.15) is 48.8 Å². The molecule has 5 nitrogen and oxygen atoms in total. The number of benzene rings is 2. The van der Waals surface area contributed by atoms with Crippen LogP contribution in [0, 0.1) is 0 Å². The summed E-state index contributed by atoms with van der Waals surface area (Å²) in [4.78, 5) is 31.2. The van der Waals surface area contributed by atoms with Crippen LogP contribution in [0.2, 0.25) is 0 Å². The lowest BCUT2D eigenvalue weighted by molar-refractivity contribution is -0.134. The van der Waals surface area contributed by atoms with E-state index in [-0.39, 0.29) is 17.4 Å². The van der Waals surface area contributed by atoms with Crippen molar-refractivity contribution in [2.75, 3.05) is 32.4 Å². The smallest absolute Gasteiger partial charge is 0.222 e. The molecule has 2 saturated heterocycles. The summed E-state index contributed by atoms with van der Waals surface area (Å²) in [5.74, 6) is 0.345. The van der Waals surface area contributed by atoms with E-state index >= 15 is 0 Å². The Bertz CT molecular complexity index is 1050. The standard InChI is InChI=1S/C29H37N3O2S/c1-35-26-10-6-22(7-11-26)21-29(14-12-27(33)30-29)15-13-28(34)32-18-16-31(17-19-32)25-9-8-23-4-2-3-5-24(23)20-25/h2-7,10-11,25H,8-9,12-21H2,1H3,(H,30,33). The maximum atomic E-state index is 13.2. The molecule has 5 rings (SSSR count). The maximum absolute atomic E-state index is 13.2. The summed E-state index contributed by atoms with van der Waals surface area (Å²) in [5, 5.41) is 3.24. The van der Waals surface area contributed by atoms with E-state index in [0.717, 1.165) is 51.9 Å². The number of carbonyl (C=O) groups excluding carboxylic acids is 2. The Hall–Kier alpha value is -2.31. The van der Waals surface area contributed by atoms with Crippen molar-refractivity contribution in [1.29, 1.82) is 0 Å². The van der Waals surface area contributed by atoms with Crippen molar-refractivity contribution in [3.63, 3.8) is 0 Å². The van der Waals surface area contributed by atoms with E-state index < -0.39 is 0 Å². The van der Waals surface area contributed by atoms with Crippen LogP contribution in [0.25, 0.3) is 0 Å².